The molecular weight excluding hydrogens is 416 g/mol. The lowest BCUT2D eigenvalue weighted by atomic mass is 10.2. The summed E-state index contributed by atoms with van der Waals surface area (Å²) in [5.74, 6) is -0.514. The average Bonchev–Trinajstić information content (AvgIpc) is 2.21. The number of rotatable bonds is 3. The summed E-state index contributed by atoms with van der Waals surface area (Å²) in [5, 5.41) is 8.87. The van der Waals surface area contributed by atoms with Gasteiger partial charge in [0.1, 0.15) is 0 Å². The Morgan fingerprint density at radius 1 is 1.53 bits per heavy atom. The van der Waals surface area contributed by atoms with E-state index in [1.54, 1.807) is 28.7 Å². The van der Waals surface area contributed by atoms with Gasteiger partial charge in [-0.2, -0.15) is 5.26 Å². The molecule has 0 fully saturated rings. The molecule has 3 nitrogen and oxygen atoms in total. The summed E-state index contributed by atoms with van der Waals surface area (Å²) in [4.78, 5) is 3.66. The monoisotopic (exact) mass is 420 g/mol. The van der Waals surface area contributed by atoms with E-state index in [2.05, 4.69) is 25.7 Å². The van der Waals surface area contributed by atoms with E-state index >= 15 is 0 Å². The fraction of sp³-hybridized carbons (Fsp3) is 0.333. The van der Waals surface area contributed by atoms with E-state index in [4.69, 9.17) is 5.26 Å². The van der Waals surface area contributed by atoms with Gasteiger partial charge in [-0.25, -0.2) is 4.98 Å². The highest BCUT2D eigenvalue weighted by Crippen LogP contribution is 2.29. The third-order valence-corrected chi connectivity index (χ3v) is 3.43. The van der Waals surface area contributed by atoms with Crippen molar-refractivity contribution in [2.24, 2.45) is 0 Å². The molecule has 0 atom stereocenters. The first-order chi connectivity index (χ1) is 7.87. The molecule has 0 unspecified atom stereocenters. The van der Waals surface area contributed by atoms with E-state index in [0.29, 0.717) is 10.9 Å². The van der Waals surface area contributed by atoms with E-state index < -0.39 is 12.2 Å². The van der Waals surface area contributed by atoms with Crippen molar-refractivity contribution in [2.75, 3.05) is 0 Å². The largest absolute Gasteiger partial charge is 0.574 e. The number of pyridine rings is 1. The Hall–Kier alpha value is -0.560. The van der Waals surface area contributed by atoms with Crippen molar-refractivity contribution in [3.8, 4) is 11.9 Å². The highest BCUT2D eigenvalue weighted by atomic mass is 127. The van der Waals surface area contributed by atoms with Crippen molar-refractivity contribution in [2.45, 2.75) is 18.1 Å². The van der Waals surface area contributed by atoms with Crippen LogP contribution < -0.4 is 4.74 Å². The van der Waals surface area contributed by atoms with Crippen molar-refractivity contribution in [3.63, 3.8) is 0 Å². The number of ether oxygens (including phenoxy) is 1. The van der Waals surface area contributed by atoms with Gasteiger partial charge in [-0.3, -0.25) is 0 Å². The number of aromatic nitrogens is 1. The van der Waals surface area contributed by atoms with Crippen LogP contribution in [0.2, 0.25) is 0 Å². The SMILES string of the molecule is N#CCc1cc(CBr)c(I)c(OC(F)(F)F)n1. The van der Waals surface area contributed by atoms with E-state index in [-0.39, 0.29) is 15.7 Å². The molecule has 1 aromatic rings. The van der Waals surface area contributed by atoms with Gasteiger partial charge in [-0.05, 0) is 34.2 Å². The van der Waals surface area contributed by atoms with Gasteiger partial charge in [0.15, 0.2) is 0 Å². The molecule has 0 aliphatic heterocycles. The standard InChI is InChI=1S/C9H5BrF3IN2O/c10-4-5-3-6(1-2-15)16-8(7(5)14)17-9(11,12)13/h3H,1,4H2. The van der Waals surface area contributed by atoms with Crippen molar-refractivity contribution >= 4 is 38.5 Å². The zero-order chi connectivity index (χ0) is 13.1. The maximum Gasteiger partial charge on any atom is 0.574 e. The summed E-state index contributed by atoms with van der Waals surface area (Å²) < 4.78 is 40.5. The van der Waals surface area contributed by atoms with Crippen LogP contribution >= 0.6 is 38.5 Å². The van der Waals surface area contributed by atoms with Crippen LogP contribution in [-0.4, -0.2) is 11.3 Å². The van der Waals surface area contributed by atoms with Crippen molar-refractivity contribution in [1.29, 1.82) is 5.26 Å². The zero-order valence-electron chi connectivity index (χ0n) is 8.18. The molecule has 0 aromatic carbocycles. The fourth-order valence-electron chi connectivity index (χ4n) is 1.06. The van der Waals surface area contributed by atoms with Crippen molar-refractivity contribution in [1.82, 2.24) is 4.98 Å². The first kappa shape index (κ1) is 14.5. The number of nitrogens with zero attached hydrogens (tertiary/aromatic N) is 2. The van der Waals surface area contributed by atoms with Crippen molar-refractivity contribution < 1.29 is 17.9 Å². The van der Waals surface area contributed by atoms with Gasteiger partial charge < -0.3 is 4.74 Å². The summed E-state index contributed by atoms with van der Waals surface area (Å²) in [6, 6.07) is 3.40. The summed E-state index contributed by atoms with van der Waals surface area (Å²) in [6.07, 6.45) is -4.85. The van der Waals surface area contributed by atoms with E-state index in [9.17, 15) is 13.2 Å². The number of hydrogen-bond donors (Lipinski definition) is 0. The molecule has 0 aliphatic carbocycles. The van der Waals surface area contributed by atoms with Gasteiger partial charge in [-0.1, -0.05) is 15.9 Å². The van der Waals surface area contributed by atoms with Gasteiger partial charge in [0.05, 0.1) is 21.8 Å². The van der Waals surface area contributed by atoms with Gasteiger partial charge in [0, 0.05) is 5.33 Å². The Morgan fingerprint density at radius 3 is 2.65 bits per heavy atom. The predicted molar refractivity (Wildman–Crippen MR) is 65.6 cm³/mol. The van der Waals surface area contributed by atoms with Crippen LogP contribution in [0.25, 0.3) is 0 Å². The van der Waals surface area contributed by atoms with E-state index in [1.807, 2.05) is 6.07 Å². The van der Waals surface area contributed by atoms with Gasteiger partial charge in [-0.15, -0.1) is 13.2 Å². The highest BCUT2D eigenvalue weighted by molar-refractivity contribution is 14.1. The summed E-state index contributed by atoms with van der Waals surface area (Å²) >= 11 is 4.88. The van der Waals surface area contributed by atoms with Crippen LogP contribution in [0.5, 0.6) is 5.88 Å². The van der Waals surface area contributed by atoms with E-state index in [1.165, 1.54) is 0 Å². The zero-order valence-corrected chi connectivity index (χ0v) is 11.9. The molecule has 1 aromatic heterocycles. The Labute approximate surface area is 117 Å². The third-order valence-electron chi connectivity index (χ3n) is 1.67. The lowest BCUT2D eigenvalue weighted by molar-refractivity contribution is -0.276. The number of hydrogen-bond acceptors (Lipinski definition) is 3. The molecule has 92 valence electrons. The van der Waals surface area contributed by atoms with Crippen LogP contribution in [0.3, 0.4) is 0 Å². The van der Waals surface area contributed by atoms with Crippen LogP contribution in [-0.2, 0) is 11.8 Å². The molecule has 0 amide bonds. The second kappa shape index (κ2) is 5.86. The molecule has 0 radical (unpaired) electrons. The Bertz CT molecular complexity index is 459. The molecule has 1 rings (SSSR count). The molecule has 1 heterocycles. The lowest BCUT2D eigenvalue weighted by Gasteiger charge is -2.12. The van der Waals surface area contributed by atoms with Gasteiger partial charge in [0.25, 0.3) is 0 Å². The Morgan fingerprint density at radius 2 is 2.18 bits per heavy atom. The van der Waals surface area contributed by atoms with Gasteiger partial charge >= 0.3 is 6.36 Å². The average molecular weight is 421 g/mol. The van der Waals surface area contributed by atoms with Crippen LogP contribution in [0.15, 0.2) is 6.07 Å². The minimum atomic E-state index is -4.79. The minimum Gasteiger partial charge on any atom is -0.387 e. The number of alkyl halides is 4. The Balaban J connectivity index is 3.19. The van der Waals surface area contributed by atoms with Crippen LogP contribution in [0, 0.1) is 14.9 Å². The lowest BCUT2D eigenvalue weighted by Crippen LogP contribution is -2.19. The first-order valence-electron chi connectivity index (χ1n) is 4.24. The molecule has 8 heteroatoms. The smallest absolute Gasteiger partial charge is 0.387 e. The molecule has 0 aliphatic rings. The molecule has 0 bridgehead atoms. The summed E-state index contributed by atoms with van der Waals surface area (Å²) in [5.41, 5.74) is 0.853. The second-order valence-corrected chi connectivity index (χ2v) is 4.55. The van der Waals surface area contributed by atoms with Crippen LogP contribution in [0.4, 0.5) is 13.2 Å². The molecule has 0 spiro atoms. The number of nitriles is 1. The first-order valence-corrected chi connectivity index (χ1v) is 6.44. The Kier molecular flexibility index (Phi) is 5.00. The molecular formula is C9H5BrF3IN2O. The third kappa shape index (κ3) is 4.31. The topological polar surface area (TPSA) is 45.9 Å². The quantitative estimate of drug-likeness (QED) is 0.555. The summed E-state index contributed by atoms with van der Waals surface area (Å²) in [7, 11) is 0. The maximum atomic E-state index is 12.1. The molecule has 17 heavy (non-hydrogen) atoms. The molecule has 0 N–H and O–H groups in total. The maximum absolute atomic E-state index is 12.1. The minimum absolute atomic E-state index is 0.0643. The molecule has 0 saturated carbocycles. The van der Waals surface area contributed by atoms with Crippen molar-refractivity contribution in [3.05, 3.63) is 20.9 Å². The highest BCUT2D eigenvalue weighted by Gasteiger charge is 2.33. The van der Waals surface area contributed by atoms with Gasteiger partial charge in [0.2, 0.25) is 5.88 Å². The predicted octanol–water partition coefficient (Wildman–Crippen LogP) is 3.55. The second-order valence-electron chi connectivity index (χ2n) is 2.91. The van der Waals surface area contributed by atoms with E-state index in [0.717, 1.165) is 0 Å². The molecule has 0 saturated heterocycles. The fourth-order valence-corrected chi connectivity index (χ4v) is 2.60. The summed E-state index contributed by atoms with van der Waals surface area (Å²) in [6.45, 7) is 0. The number of halogens is 5. The van der Waals surface area contributed by atoms with Crippen LogP contribution in [0.1, 0.15) is 11.3 Å². The normalized spacial score (nSPS) is 11.1.